The molecular formula is C16H20F3N3O3. The van der Waals surface area contributed by atoms with Crippen LogP contribution in [0.3, 0.4) is 0 Å². The van der Waals surface area contributed by atoms with Gasteiger partial charge in [-0.05, 0) is 13.8 Å². The summed E-state index contributed by atoms with van der Waals surface area (Å²) in [5, 5.41) is 0. The zero-order chi connectivity index (χ0) is 19.0. The number of hydrogen-bond donors (Lipinski definition) is 1. The number of carbonyl (C=O) groups excluding carboxylic acids is 2. The number of allylic oxidation sites excluding steroid dienone is 3. The third-order valence-corrected chi connectivity index (χ3v) is 4.53. The predicted molar refractivity (Wildman–Crippen MR) is 84.0 cm³/mol. The van der Waals surface area contributed by atoms with Crippen molar-refractivity contribution >= 4 is 12.0 Å². The number of ether oxygens (including phenoxy) is 1. The maximum atomic E-state index is 13.1. The summed E-state index contributed by atoms with van der Waals surface area (Å²) in [6.07, 6.45) is -0.789. The highest BCUT2D eigenvalue weighted by atomic mass is 19.4. The van der Waals surface area contributed by atoms with Crippen molar-refractivity contribution in [2.45, 2.75) is 32.0 Å². The molecule has 0 aromatic carbocycles. The molecule has 0 bridgehead atoms. The Morgan fingerprint density at radius 3 is 2.52 bits per heavy atom. The topological polar surface area (TPSA) is 75.9 Å². The SMILES string of the molecule is COC(=O)C1=C(C)N(C2(C)C=CC=C(C(F)(F)F)C2)CN(C(N)=O)C1. The fourth-order valence-electron chi connectivity index (χ4n) is 3.08. The van der Waals surface area contributed by atoms with Crippen LogP contribution in [0, 0.1) is 0 Å². The molecule has 0 saturated heterocycles. The normalized spacial score (nSPS) is 24.3. The zero-order valence-electron chi connectivity index (χ0n) is 14.2. The van der Waals surface area contributed by atoms with Crippen LogP contribution in [0.5, 0.6) is 0 Å². The minimum Gasteiger partial charge on any atom is -0.466 e. The summed E-state index contributed by atoms with van der Waals surface area (Å²) in [5.74, 6) is -0.650. The molecule has 6 nitrogen and oxygen atoms in total. The van der Waals surface area contributed by atoms with Crippen LogP contribution in [-0.2, 0) is 9.53 Å². The number of nitrogens with zero attached hydrogens (tertiary/aromatic N) is 2. The van der Waals surface area contributed by atoms with E-state index in [9.17, 15) is 22.8 Å². The van der Waals surface area contributed by atoms with Gasteiger partial charge < -0.3 is 20.3 Å². The maximum Gasteiger partial charge on any atom is 0.412 e. The molecule has 0 saturated carbocycles. The number of hydrogen-bond acceptors (Lipinski definition) is 4. The van der Waals surface area contributed by atoms with Crippen LogP contribution in [-0.4, -0.2) is 53.8 Å². The summed E-state index contributed by atoms with van der Waals surface area (Å²) in [6, 6.07) is -0.770. The van der Waals surface area contributed by atoms with E-state index < -0.39 is 29.3 Å². The number of esters is 1. The van der Waals surface area contributed by atoms with Crippen molar-refractivity contribution in [3.63, 3.8) is 0 Å². The summed E-state index contributed by atoms with van der Waals surface area (Å²) in [5.41, 5.74) is 4.22. The lowest BCUT2D eigenvalue weighted by Crippen LogP contribution is -2.56. The Labute approximate surface area is 143 Å². The number of methoxy groups -OCH3 is 1. The minimum atomic E-state index is -4.45. The average Bonchev–Trinajstić information content (AvgIpc) is 2.53. The van der Waals surface area contributed by atoms with Crippen LogP contribution in [0.15, 0.2) is 35.1 Å². The lowest BCUT2D eigenvalue weighted by Gasteiger charge is -2.48. The number of urea groups is 1. The largest absolute Gasteiger partial charge is 0.466 e. The van der Waals surface area contributed by atoms with Gasteiger partial charge in [-0.3, -0.25) is 0 Å². The van der Waals surface area contributed by atoms with Crippen molar-refractivity contribution < 1.29 is 27.5 Å². The highest BCUT2D eigenvalue weighted by Gasteiger charge is 2.44. The number of amides is 2. The first-order valence-electron chi connectivity index (χ1n) is 7.55. The third kappa shape index (κ3) is 3.64. The van der Waals surface area contributed by atoms with Gasteiger partial charge in [-0.2, -0.15) is 13.2 Å². The Balaban J connectivity index is 2.44. The van der Waals surface area contributed by atoms with Gasteiger partial charge >= 0.3 is 18.2 Å². The van der Waals surface area contributed by atoms with Gasteiger partial charge in [0.2, 0.25) is 0 Å². The summed E-state index contributed by atoms with van der Waals surface area (Å²) in [4.78, 5) is 26.4. The van der Waals surface area contributed by atoms with Gasteiger partial charge in [-0.15, -0.1) is 0 Å². The number of halogens is 3. The third-order valence-electron chi connectivity index (χ3n) is 4.53. The molecule has 0 spiro atoms. The first kappa shape index (κ1) is 18.9. The fourth-order valence-corrected chi connectivity index (χ4v) is 3.08. The van der Waals surface area contributed by atoms with E-state index in [0.29, 0.717) is 5.70 Å². The Morgan fingerprint density at radius 1 is 1.36 bits per heavy atom. The molecule has 0 fully saturated rings. The molecule has 2 aliphatic rings. The second-order valence-electron chi connectivity index (χ2n) is 6.24. The maximum absolute atomic E-state index is 13.1. The van der Waals surface area contributed by atoms with E-state index in [1.807, 2.05) is 0 Å². The van der Waals surface area contributed by atoms with Crippen LogP contribution in [0.25, 0.3) is 0 Å². The van der Waals surface area contributed by atoms with Crippen molar-refractivity contribution in [2.24, 2.45) is 5.73 Å². The molecular weight excluding hydrogens is 339 g/mol. The van der Waals surface area contributed by atoms with Gasteiger partial charge in [0.15, 0.2) is 0 Å². The first-order valence-corrected chi connectivity index (χ1v) is 7.55. The van der Waals surface area contributed by atoms with E-state index in [0.717, 1.165) is 6.08 Å². The molecule has 1 unspecified atom stereocenters. The second-order valence-corrected chi connectivity index (χ2v) is 6.24. The minimum absolute atomic E-state index is 0.0202. The molecule has 138 valence electrons. The van der Waals surface area contributed by atoms with Gasteiger partial charge in [0.1, 0.15) is 0 Å². The lowest BCUT2D eigenvalue weighted by molar-refractivity contribution is -0.137. The van der Waals surface area contributed by atoms with E-state index in [2.05, 4.69) is 0 Å². The van der Waals surface area contributed by atoms with Crippen molar-refractivity contribution in [3.8, 4) is 0 Å². The summed E-state index contributed by atoms with van der Waals surface area (Å²) >= 11 is 0. The van der Waals surface area contributed by atoms with Crippen LogP contribution >= 0.6 is 0 Å². The highest BCUT2D eigenvalue weighted by molar-refractivity contribution is 5.90. The molecule has 2 amide bonds. The van der Waals surface area contributed by atoms with Crippen molar-refractivity contribution in [1.82, 2.24) is 9.80 Å². The van der Waals surface area contributed by atoms with Gasteiger partial charge in [0.05, 0.1) is 31.4 Å². The molecule has 2 N–H and O–H groups in total. The number of alkyl halides is 3. The van der Waals surface area contributed by atoms with E-state index in [1.165, 1.54) is 18.1 Å². The standard InChI is InChI=1S/C16H20F3N3O3/c1-10-12(13(23)25-3)8-21(14(20)24)9-22(10)15(2)6-4-5-11(7-15)16(17,18)19/h4-6H,7-9H2,1-3H3,(H2,20,24). The molecule has 1 aliphatic heterocycles. The summed E-state index contributed by atoms with van der Waals surface area (Å²) in [7, 11) is 1.20. The van der Waals surface area contributed by atoms with Gasteiger partial charge in [-0.1, -0.05) is 18.2 Å². The van der Waals surface area contributed by atoms with Gasteiger partial charge in [0.25, 0.3) is 0 Å². The van der Waals surface area contributed by atoms with Crippen LogP contribution < -0.4 is 5.73 Å². The molecule has 1 atom stereocenters. The van der Waals surface area contributed by atoms with Gasteiger partial charge in [-0.25, -0.2) is 9.59 Å². The fraction of sp³-hybridized carbons (Fsp3) is 0.500. The molecule has 25 heavy (non-hydrogen) atoms. The number of primary amides is 1. The van der Waals surface area contributed by atoms with Crippen LogP contribution in [0.4, 0.5) is 18.0 Å². The van der Waals surface area contributed by atoms with Crippen LogP contribution in [0.2, 0.25) is 0 Å². The van der Waals surface area contributed by atoms with Crippen LogP contribution in [0.1, 0.15) is 20.3 Å². The smallest absolute Gasteiger partial charge is 0.412 e. The predicted octanol–water partition coefficient (Wildman–Crippen LogP) is 2.29. The Morgan fingerprint density at radius 2 is 2.00 bits per heavy atom. The van der Waals surface area contributed by atoms with E-state index >= 15 is 0 Å². The second kappa shape index (κ2) is 6.45. The monoisotopic (exact) mass is 359 g/mol. The molecule has 0 aromatic heterocycles. The number of rotatable bonds is 2. The van der Waals surface area contributed by atoms with E-state index in [-0.39, 0.29) is 25.2 Å². The molecule has 0 aromatic rings. The molecule has 0 radical (unpaired) electrons. The van der Waals surface area contributed by atoms with E-state index in [1.54, 1.807) is 24.8 Å². The Hall–Kier alpha value is -2.45. The van der Waals surface area contributed by atoms with Crippen molar-refractivity contribution in [3.05, 3.63) is 35.1 Å². The molecule has 1 aliphatic carbocycles. The van der Waals surface area contributed by atoms with Crippen molar-refractivity contribution in [1.29, 1.82) is 0 Å². The van der Waals surface area contributed by atoms with E-state index in [4.69, 9.17) is 10.5 Å². The first-order chi connectivity index (χ1) is 11.5. The number of nitrogens with two attached hydrogens (primary N) is 1. The molecule has 1 heterocycles. The summed E-state index contributed by atoms with van der Waals surface area (Å²) < 4.78 is 44.1. The molecule has 9 heteroatoms. The Kier molecular flexibility index (Phi) is 4.87. The number of carbonyl (C=O) groups is 2. The lowest BCUT2D eigenvalue weighted by atomic mass is 9.85. The Bertz CT molecular complexity index is 682. The molecule has 2 rings (SSSR count). The zero-order valence-corrected chi connectivity index (χ0v) is 14.2. The quantitative estimate of drug-likeness (QED) is 0.768. The highest BCUT2D eigenvalue weighted by Crippen LogP contribution is 2.40. The van der Waals surface area contributed by atoms with Gasteiger partial charge in [0, 0.05) is 17.7 Å². The average molecular weight is 359 g/mol. The van der Waals surface area contributed by atoms with Crippen molar-refractivity contribution in [2.75, 3.05) is 20.3 Å². The summed E-state index contributed by atoms with van der Waals surface area (Å²) in [6.45, 7) is 3.17.